The van der Waals surface area contributed by atoms with Gasteiger partial charge in [0.05, 0.1) is 24.1 Å². The lowest BCUT2D eigenvalue weighted by molar-refractivity contribution is -0.127. The van der Waals surface area contributed by atoms with Gasteiger partial charge >= 0.3 is 0 Å². The number of likely N-dealkylation sites (tertiary alicyclic amines) is 1. The highest BCUT2D eigenvalue weighted by molar-refractivity contribution is 5.91. The molecule has 0 bridgehead atoms. The van der Waals surface area contributed by atoms with E-state index in [0.29, 0.717) is 42.1 Å². The largest absolute Gasteiger partial charge is 0.383 e. The number of carbonyl (C=O) groups excluding carboxylic acids is 1. The zero-order valence-electron chi connectivity index (χ0n) is 17.9. The second kappa shape index (κ2) is 8.33. The molecule has 3 N–H and O–H groups in total. The third-order valence-electron chi connectivity index (χ3n) is 5.71. The number of aromatic nitrogens is 7. The maximum absolute atomic E-state index is 12.4. The maximum atomic E-state index is 12.4. The number of ether oxygens (including phenoxy) is 1. The molecule has 1 aliphatic rings. The standard InChI is InChI=1S/C22H21N9O2/c1-3-19(32)30-10-14(9-15(30)11-33-2)31-22-20(21(23)24-12-25-22)17(28-31)7-5-13-4-6-16-18(8-13)27-29-26-16/h3-4,6,8,12,14-15H,1,9-11H2,2H3,(H2,23,24,25)(H,26,27,29)/t14-,15+/m0/s1. The smallest absolute Gasteiger partial charge is 0.246 e. The summed E-state index contributed by atoms with van der Waals surface area (Å²) >= 11 is 0. The molecule has 0 spiro atoms. The van der Waals surface area contributed by atoms with Crippen LogP contribution in [0.4, 0.5) is 5.82 Å². The van der Waals surface area contributed by atoms with E-state index in [-0.39, 0.29) is 18.0 Å². The number of hydrogen-bond acceptors (Lipinski definition) is 8. The number of H-pyrrole nitrogens is 1. The summed E-state index contributed by atoms with van der Waals surface area (Å²) in [5.41, 5.74) is 9.48. The van der Waals surface area contributed by atoms with E-state index in [1.54, 1.807) is 16.7 Å². The Morgan fingerprint density at radius 2 is 2.18 bits per heavy atom. The highest BCUT2D eigenvalue weighted by atomic mass is 16.5. The second-order valence-electron chi connectivity index (χ2n) is 7.72. The fourth-order valence-electron chi connectivity index (χ4n) is 4.19. The summed E-state index contributed by atoms with van der Waals surface area (Å²) in [5, 5.41) is 16.1. The molecule has 33 heavy (non-hydrogen) atoms. The van der Waals surface area contributed by atoms with Crippen LogP contribution in [0.5, 0.6) is 0 Å². The summed E-state index contributed by atoms with van der Waals surface area (Å²) in [4.78, 5) is 22.7. The molecule has 0 aliphatic carbocycles. The highest BCUT2D eigenvalue weighted by Gasteiger charge is 2.37. The van der Waals surface area contributed by atoms with Gasteiger partial charge in [-0.05, 0) is 36.6 Å². The number of nitrogens with one attached hydrogen (secondary N) is 1. The number of aromatic amines is 1. The van der Waals surface area contributed by atoms with Crippen molar-refractivity contribution < 1.29 is 9.53 Å². The van der Waals surface area contributed by atoms with Crippen molar-refractivity contribution in [1.29, 1.82) is 0 Å². The van der Waals surface area contributed by atoms with E-state index in [0.717, 1.165) is 16.6 Å². The molecule has 166 valence electrons. The Bertz CT molecular complexity index is 1430. The number of anilines is 1. The SMILES string of the molecule is C=CC(=O)N1C[C@@H](n2nc(C#Cc3ccc4n[nH]nc4c3)c3c(N)ncnc32)C[C@@H]1COC. The molecule has 1 amide bonds. The maximum Gasteiger partial charge on any atom is 0.246 e. The molecule has 1 saturated heterocycles. The Balaban J connectivity index is 1.55. The first kappa shape index (κ1) is 20.6. The van der Waals surface area contributed by atoms with Gasteiger partial charge in [-0.2, -0.15) is 20.5 Å². The Kier molecular flexibility index (Phi) is 5.20. The number of benzene rings is 1. The molecular formula is C22H21N9O2. The van der Waals surface area contributed by atoms with Gasteiger partial charge in [0.1, 0.15) is 28.9 Å². The van der Waals surface area contributed by atoms with Gasteiger partial charge in [-0.1, -0.05) is 12.5 Å². The van der Waals surface area contributed by atoms with Gasteiger partial charge in [-0.15, -0.1) is 0 Å². The minimum atomic E-state index is -0.145. The predicted molar refractivity (Wildman–Crippen MR) is 121 cm³/mol. The fourth-order valence-corrected chi connectivity index (χ4v) is 4.19. The molecule has 11 nitrogen and oxygen atoms in total. The predicted octanol–water partition coefficient (Wildman–Crippen LogP) is 1.05. The van der Waals surface area contributed by atoms with Crippen molar-refractivity contribution in [2.45, 2.75) is 18.5 Å². The lowest BCUT2D eigenvalue weighted by atomic mass is 10.2. The van der Waals surface area contributed by atoms with Crippen LogP contribution in [0.3, 0.4) is 0 Å². The van der Waals surface area contributed by atoms with Gasteiger partial charge in [-0.25, -0.2) is 14.6 Å². The molecule has 4 heterocycles. The first-order valence-corrected chi connectivity index (χ1v) is 10.3. The molecule has 3 aromatic heterocycles. The summed E-state index contributed by atoms with van der Waals surface area (Å²) in [5.74, 6) is 6.37. The van der Waals surface area contributed by atoms with E-state index in [1.165, 1.54) is 12.4 Å². The van der Waals surface area contributed by atoms with Gasteiger partial charge in [0.2, 0.25) is 5.91 Å². The molecule has 4 aromatic rings. The van der Waals surface area contributed by atoms with Gasteiger partial charge in [0.25, 0.3) is 0 Å². The third kappa shape index (κ3) is 3.66. The van der Waals surface area contributed by atoms with Crippen molar-refractivity contribution in [3.8, 4) is 11.8 Å². The van der Waals surface area contributed by atoms with E-state index in [1.807, 2.05) is 18.2 Å². The van der Waals surface area contributed by atoms with Crippen molar-refractivity contribution in [1.82, 2.24) is 40.1 Å². The topological polar surface area (TPSA) is 141 Å². The van der Waals surface area contributed by atoms with Gasteiger partial charge in [-0.3, -0.25) is 4.79 Å². The van der Waals surface area contributed by atoms with E-state index < -0.39 is 0 Å². The number of rotatable bonds is 4. The van der Waals surface area contributed by atoms with Crippen molar-refractivity contribution in [3.63, 3.8) is 0 Å². The number of nitrogens with two attached hydrogens (primary N) is 1. The van der Waals surface area contributed by atoms with Crippen LogP contribution in [-0.4, -0.2) is 72.3 Å². The van der Waals surface area contributed by atoms with Crippen LogP contribution in [0, 0.1) is 11.8 Å². The van der Waals surface area contributed by atoms with Gasteiger partial charge in [0.15, 0.2) is 5.65 Å². The van der Waals surface area contributed by atoms with Gasteiger partial charge in [0, 0.05) is 19.2 Å². The van der Waals surface area contributed by atoms with Crippen LogP contribution in [0.1, 0.15) is 23.7 Å². The van der Waals surface area contributed by atoms with Crippen LogP contribution >= 0.6 is 0 Å². The van der Waals surface area contributed by atoms with Crippen LogP contribution in [0.15, 0.2) is 37.2 Å². The molecular weight excluding hydrogens is 422 g/mol. The number of fused-ring (bicyclic) bond motifs is 2. The van der Waals surface area contributed by atoms with Crippen molar-refractivity contribution in [2.24, 2.45) is 0 Å². The second-order valence-corrected chi connectivity index (χ2v) is 7.72. The zero-order chi connectivity index (χ0) is 22.9. The van der Waals surface area contributed by atoms with Crippen LogP contribution in [0.25, 0.3) is 22.1 Å². The molecule has 5 rings (SSSR count). The van der Waals surface area contributed by atoms with E-state index >= 15 is 0 Å². The van der Waals surface area contributed by atoms with Crippen LogP contribution in [0.2, 0.25) is 0 Å². The average Bonchev–Trinajstić information content (AvgIpc) is 3.54. The monoisotopic (exact) mass is 443 g/mol. The first-order chi connectivity index (χ1) is 16.1. The normalized spacial score (nSPS) is 17.9. The van der Waals surface area contributed by atoms with Crippen molar-refractivity contribution in [3.05, 3.63) is 48.4 Å². The lowest BCUT2D eigenvalue weighted by Crippen LogP contribution is -2.37. The quantitative estimate of drug-likeness (QED) is 0.352. The first-order valence-electron chi connectivity index (χ1n) is 10.3. The molecule has 1 fully saturated rings. The van der Waals surface area contributed by atoms with E-state index in [9.17, 15) is 4.79 Å². The summed E-state index contributed by atoms with van der Waals surface area (Å²) in [7, 11) is 1.62. The number of carbonyl (C=O) groups is 1. The molecule has 11 heteroatoms. The summed E-state index contributed by atoms with van der Waals surface area (Å²) in [6.45, 7) is 4.49. The van der Waals surface area contributed by atoms with E-state index in [2.05, 4.69) is 43.8 Å². The summed E-state index contributed by atoms with van der Waals surface area (Å²) < 4.78 is 7.11. The minimum Gasteiger partial charge on any atom is -0.383 e. The summed E-state index contributed by atoms with van der Waals surface area (Å²) in [6.07, 6.45) is 3.37. The lowest BCUT2D eigenvalue weighted by Gasteiger charge is -2.22. The molecule has 1 aromatic carbocycles. The Hall–Kier alpha value is -4.30. The highest BCUT2D eigenvalue weighted by Crippen LogP contribution is 2.31. The Morgan fingerprint density at radius 3 is 3.00 bits per heavy atom. The number of nitrogens with zero attached hydrogens (tertiary/aromatic N) is 7. The number of nitrogen functional groups attached to an aromatic ring is 1. The third-order valence-corrected chi connectivity index (χ3v) is 5.71. The molecule has 1 aliphatic heterocycles. The summed E-state index contributed by atoms with van der Waals surface area (Å²) in [6, 6.07) is 5.34. The fraction of sp³-hybridized carbons (Fsp3) is 0.273. The molecule has 2 atom stereocenters. The number of methoxy groups -OCH3 is 1. The van der Waals surface area contributed by atoms with Crippen LogP contribution < -0.4 is 5.73 Å². The molecule has 0 saturated carbocycles. The average molecular weight is 443 g/mol. The van der Waals surface area contributed by atoms with Crippen molar-refractivity contribution in [2.75, 3.05) is 26.0 Å². The zero-order valence-corrected chi connectivity index (χ0v) is 17.9. The Labute approximate surface area is 188 Å². The number of amides is 1. The number of hydrogen-bond donors (Lipinski definition) is 2. The van der Waals surface area contributed by atoms with Crippen LogP contribution in [-0.2, 0) is 9.53 Å². The van der Waals surface area contributed by atoms with Gasteiger partial charge < -0.3 is 15.4 Å². The van der Waals surface area contributed by atoms with Crippen molar-refractivity contribution >= 4 is 33.8 Å². The minimum absolute atomic E-state index is 0.0901. The molecule has 0 unspecified atom stereocenters. The Morgan fingerprint density at radius 1 is 1.33 bits per heavy atom. The molecule has 0 radical (unpaired) electrons. The van der Waals surface area contributed by atoms with E-state index in [4.69, 9.17) is 15.6 Å².